The normalized spacial score (nSPS) is 10.1. The van der Waals surface area contributed by atoms with Gasteiger partial charge in [0.1, 0.15) is 7.05 Å². The van der Waals surface area contributed by atoms with E-state index >= 15 is 0 Å². The minimum Gasteiger partial charge on any atom is -0.125 e. The van der Waals surface area contributed by atoms with Crippen LogP contribution in [-0.4, -0.2) is 7.05 Å². The van der Waals surface area contributed by atoms with Crippen molar-refractivity contribution in [1.29, 1.82) is 0 Å². The molecule has 0 aliphatic rings. The van der Waals surface area contributed by atoms with Gasteiger partial charge >= 0.3 is 0 Å². The highest BCUT2D eigenvalue weighted by Crippen LogP contribution is 2.05. The van der Waals surface area contributed by atoms with Gasteiger partial charge < -0.3 is 0 Å². The third kappa shape index (κ3) is 1.52. The second-order valence-corrected chi connectivity index (χ2v) is 1.95. The molecule has 0 heterocycles. The number of nitrogens with two attached hydrogens (primary N) is 1. The molecule has 1 aromatic rings. The van der Waals surface area contributed by atoms with Gasteiger partial charge in [-0.25, -0.2) is 0 Å². The predicted octanol–water partition coefficient (Wildman–Crippen LogP) is 0.962. The van der Waals surface area contributed by atoms with Gasteiger partial charge in [0.15, 0.2) is 0 Å². The van der Waals surface area contributed by atoms with Gasteiger partial charge in [-0.15, -0.1) is 5.84 Å². The number of hydrazine groups is 1. The van der Waals surface area contributed by atoms with Crippen molar-refractivity contribution in [2.45, 2.75) is 0 Å². The molecule has 0 fully saturated rings. The third-order valence-electron chi connectivity index (χ3n) is 1.16. The Morgan fingerprint density at radius 2 is 1.78 bits per heavy atom. The second kappa shape index (κ2) is 2.62. The minimum absolute atomic E-state index is 1.03. The molecule has 0 bridgehead atoms. The summed E-state index contributed by atoms with van der Waals surface area (Å²) in [5, 5.41) is 1.58. The average Bonchev–Trinajstić information content (AvgIpc) is 1.90. The van der Waals surface area contributed by atoms with E-state index in [0.29, 0.717) is 0 Å². The first-order valence-corrected chi connectivity index (χ1v) is 2.84. The number of nitrogens with zero attached hydrogens (tertiary/aromatic N) is 1. The van der Waals surface area contributed by atoms with Crippen LogP contribution in [0.2, 0.25) is 0 Å². The Bertz CT molecular complexity index is 170. The van der Waals surface area contributed by atoms with Gasteiger partial charge in [-0.05, 0) is 5.01 Å². The van der Waals surface area contributed by atoms with Crippen LogP contribution in [0.1, 0.15) is 0 Å². The highest BCUT2D eigenvalue weighted by Gasteiger charge is 2.02. The number of hydrogen-bond donors (Lipinski definition) is 1. The maximum atomic E-state index is 5.45. The van der Waals surface area contributed by atoms with Crippen LogP contribution in [0.25, 0.3) is 0 Å². The van der Waals surface area contributed by atoms with Crippen molar-refractivity contribution < 1.29 is 0 Å². The molecule has 1 rings (SSSR count). The molecule has 0 saturated heterocycles. The van der Waals surface area contributed by atoms with Crippen LogP contribution in [0.3, 0.4) is 0 Å². The van der Waals surface area contributed by atoms with E-state index in [1.807, 2.05) is 37.4 Å². The van der Waals surface area contributed by atoms with Crippen molar-refractivity contribution in [3.63, 3.8) is 0 Å². The van der Waals surface area contributed by atoms with Crippen LogP contribution < -0.4 is 10.9 Å². The standard InChI is InChI=1S/C7H10N2/c1-9(8)7-5-3-2-4-6-7/h2-6H,8H2,1H3/q+1. The number of para-hydroxylation sites is 1. The lowest BCUT2D eigenvalue weighted by Crippen LogP contribution is -2.26. The van der Waals surface area contributed by atoms with Gasteiger partial charge in [-0.2, -0.15) is 0 Å². The van der Waals surface area contributed by atoms with E-state index in [9.17, 15) is 0 Å². The number of hydrogen-bond acceptors (Lipinski definition) is 2. The van der Waals surface area contributed by atoms with Crippen molar-refractivity contribution in [2.75, 3.05) is 7.05 Å². The molecular weight excluding hydrogens is 112 g/mol. The third-order valence-corrected chi connectivity index (χ3v) is 1.16. The Labute approximate surface area is 54.9 Å². The summed E-state index contributed by atoms with van der Waals surface area (Å²) >= 11 is 0. The molecule has 0 aromatic heterocycles. The zero-order chi connectivity index (χ0) is 6.69. The molecule has 1 radical (unpaired) electrons. The quantitative estimate of drug-likeness (QED) is 0.336. The Morgan fingerprint density at radius 3 is 2.11 bits per heavy atom. The van der Waals surface area contributed by atoms with E-state index in [-0.39, 0.29) is 0 Å². The Kier molecular flexibility index (Phi) is 1.82. The molecule has 0 aliphatic carbocycles. The average molecular weight is 122 g/mol. The lowest BCUT2D eigenvalue weighted by Gasteiger charge is -1.94. The monoisotopic (exact) mass is 122 g/mol. The minimum atomic E-state index is 1.03. The number of benzene rings is 1. The van der Waals surface area contributed by atoms with Crippen LogP contribution in [0.4, 0.5) is 5.69 Å². The summed E-state index contributed by atoms with van der Waals surface area (Å²) in [6, 6.07) is 9.80. The molecule has 0 amide bonds. The fraction of sp³-hybridized carbons (Fsp3) is 0.143. The zero-order valence-corrected chi connectivity index (χ0v) is 5.41. The van der Waals surface area contributed by atoms with E-state index in [2.05, 4.69) is 0 Å². The van der Waals surface area contributed by atoms with Crippen LogP contribution in [0.5, 0.6) is 0 Å². The molecule has 2 N–H and O–H groups in total. The Morgan fingerprint density at radius 1 is 1.22 bits per heavy atom. The molecule has 2 heteroatoms. The molecule has 1 aromatic carbocycles. The lowest BCUT2D eigenvalue weighted by molar-refractivity contribution is 0.673. The lowest BCUT2D eigenvalue weighted by atomic mass is 10.3. The summed E-state index contributed by atoms with van der Waals surface area (Å²) < 4.78 is 0. The van der Waals surface area contributed by atoms with E-state index in [1.54, 1.807) is 5.01 Å². The second-order valence-electron chi connectivity index (χ2n) is 1.95. The van der Waals surface area contributed by atoms with Gasteiger partial charge in [0.25, 0.3) is 0 Å². The molecule has 9 heavy (non-hydrogen) atoms. The van der Waals surface area contributed by atoms with Crippen LogP contribution >= 0.6 is 0 Å². The smallest absolute Gasteiger partial charge is 0.125 e. The van der Waals surface area contributed by atoms with Crippen LogP contribution in [0.15, 0.2) is 30.3 Å². The molecule has 0 saturated carbocycles. The first kappa shape index (κ1) is 6.26. The van der Waals surface area contributed by atoms with Crippen LogP contribution in [0, 0.1) is 0 Å². The first-order chi connectivity index (χ1) is 4.30. The highest BCUT2D eigenvalue weighted by molar-refractivity contribution is 5.36. The van der Waals surface area contributed by atoms with Gasteiger partial charge in [0, 0.05) is 12.1 Å². The molecular formula is C7H10N2+. The highest BCUT2D eigenvalue weighted by atomic mass is 15.4. The van der Waals surface area contributed by atoms with E-state index in [4.69, 9.17) is 5.84 Å². The maximum absolute atomic E-state index is 5.45. The van der Waals surface area contributed by atoms with Crippen LogP contribution in [-0.2, 0) is 0 Å². The van der Waals surface area contributed by atoms with E-state index < -0.39 is 0 Å². The summed E-state index contributed by atoms with van der Waals surface area (Å²) in [4.78, 5) is 0. The van der Waals surface area contributed by atoms with E-state index in [1.165, 1.54) is 0 Å². The Balaban J connectivity index is 2.85. The van der Waals surface area contributed by atoms with Crippen molar-refractivity contribution >= 4 is 5.69 Å². The summed E-state index contributed by atoms with van der Waals surface area (Å²) in [5.74, 6) is 5.45. The summed E-state index contributed by atoms with van der Waals surface area (Å²) in [6.45, 7) is 0. The summed E-state index contributed by atoms with van der Waals surface area (Å²) in [7, 11) is 1.81. The van der Waals surface area contributed by atoms with Crippen molar-refractivity contribution in [1.82, 2.24) is 5.01 Å². The largest absolute Gasteiger partial charge is 0.202 e. The SMILES string of the molecule is C[N+](N)c1ccccc1. The molecule has 0 spiro atoms. The van der Waals surface area contributed by atoms with Crippen molar-refractivity contribution in [2.24, 2.45) is 5.84 Å². The topological polar surface area (TPSA) is 31.9 Å². The van der Waals surface area contributed by atoms with Gasteiger partial charge in [0.05, 0.1) is 0 Å². The molecule has 0 unspecified atom stereocenters. The van der Waals surface area contributed by atoms with Crippen molar-refractivity contribution in [3.05, 3.63) is 30.3 Å². The summed E-state index contributed by atoms with van der Waals surface area (Å²) in [5.41, 5.74) is 1.03. The fourth-order valence-electron chi connectivity index (χ4n) is 0.663. The van der Waals surface area contributed by atoms with Crippen molar-refractivity contribution in [3.8, 4) is 0 Å². The first-order valence-electron chi connectivity index (χ1n) is 2.84. The predicted molar refractivity (Wildman–Crippen MR) is 38.3 cm³/mol. The fourth-order valence-corrected chi connectivity index (χ4v) is 0.663. The summed E-state index contributed by atoms with van der Waals surface area (Å²) in [6.07, 6.45) is 0. The molecule has 47 valence electrons. The van der Waals surface area contributed by atoms with Gasteiger partial charge in [0.2, 0.25) is 5.69 Å². The van der Waals surface area contributed by atoms with Gasteiger partial charge in [-0.1, -0.05) is 18.2 Å². The van der Waals surface area contributed by atoms with Gasteiger partial charge in [-0.3, -0.25) is 0 Å². The van der Waals surface area contributed by atoms with E-state index in [0.717, 1.165) is 5.69 Å². The molecule has 0 aliphatic heterocycles. The molecule has 2 nitrogen and oxygen atoms in total. The zero-order valence-electron chi connectivity index (χ0n) is 5.41. The molecule has 0 atom stereocenters. The Hall–Kier alpha value is -0.860. The maximum Gasteiger partial charge on any atom is 0.202 e. The number of anilines is 1. The number of rotatable bonds is 1.